The van der Waals surface area contributed by atoms with Gasteiger partial charge in [-0.15, -0.1) is 0 Å². The Labute approximate surface area is 170 Å². The van der Waals surface area contributed by atoms with Gasteiger partial charge in [-0.05, 0) is 68.0 Å². The van der Waals surface area contributed by atoms with E-state index in [2.05, 4.69) is 72.0 Å². The van der Waals surface area contributed by atoms with Gasteiger partial charge in [-0.2, -0.15) is 0 Å². The van der Waals surface area contributed by atoms with Crippen LogP contribution in [0.3, 0.4) is 0 Å². The van der Waals surface area contributed by atoms with Crippen LogP contribution >= 0.6 is 43.5 Å². The minimum Gasteiger partial charge on any atom is -0.314 e. The second-order valence-electron chi connectivity index (χ2n) is 6.80. The van der Waals surface area contributed by atoms with Crippen LogP contribution in [-0.2, 0) is 19.9 Å². The summed E-state index contributed by atoms with van der Waals surface area (Å²) < 4.78 is 4.49. The molecule has 0 radical (unpaired) electrons. The standard InChI is InChI=1S/C19H21Br2ClN3/c1-24-11-13(20)10-12-2-3-14-15(4-5-16(22)17(14)21)19(18(12)24)25-8-6-23-7-9-25/h4-5,10-11,19,23H,2-3,6-9H2,1H3/q+1. The van der Waals surface area contributed by atoms with E-state index in [1.54, 1.807) is 0 Å². The van der Waals surface area contributed by atoms with E-state index in [1.165, 1.54) is 22.4 Å². The molecular formula is C19H21Br2ClN3+. The molecular weight excluding hydrogens is 465 g/mol. The molecule has 1 aromatic heterocycles. The monoisotopic (exact) mass is 484 g/mol. The molecule has 1 aliphatic heterocycles. The summed E-state index contributed by atoms with van der Waals surface area (Å²) in [5.74, 6) is 0. The van der Waals surface area contributed by atoms with E-state index in [4.69, 9.17) is 11.6 Å². The van der Waals surface area contributed by atoms with Gasteiger partial charge in [0.2, 0.25) is 5.69 Å². The quantitative estimate of drug-likeness (QED) is 0.619. The van der Waals surface area contributed by atoms with Crippen molar-refractivity contribution in [3.8, 4) is 0 Å². The highest BCUT2D eigenvalue weighted by Gasteiger charge is 2.36. The molecule has 1 aliphatic carbocycles. The van der Waals surface area contributed by atoms with Gasteiger partial charge in [0.15, 0.2) is 6.20 Å². The first-order valence-electron chi connectivity index (χ1n) is 8.65. The predicted octanol–water partition coefficient (Wildman–Crippen LogP) is 3.78. The molecule has 0 saturated carbocycles. The number of piperazine rings is 1. The van der Waals surface area contributed by atoms with Crippen LogP contribution in [0.15, 0.2) is 33.3 Å². The van der Waals surface area contributed by atoms with Gasteiger partial charge in [-0.1, -0.05) is 17.7 Å². The van der Waals surface area contributed by atoms with Crippen molar-refractivity contribution in [2.75, 3.05) is 26.2 Å². The molecule has 1 aromatic carbocycles. The number of pyridine rings is 1. The molecule has 132 valence electrons. The molecule has 2 aliphatic rings. The Balaban J connectivity index is 1.94. The Hall–Kier alpha value is -0.460. The van der Waals surface area contributed by atoms with Gasteiger partial charge >= 0.3 is 0 Å². The van der Waals surface area contributed by atoms with Crippen molar-refractivity contribution < 1.29 is 4.57 Å². The molecule has 2 aromatic rings. The number of aromatic nitrogens is 1. The zero-order valence-electron chi connectivity index (χ0n) is 14.2. The minimum atomic E-state index is 0.265. The summed E-state index contributed by atoms with van der Waals surface area (Å²) in [5, 5.41) is 4.28. The summed E-state index contributed by atoms with van der Waals surface area (Å²) >= 11 is 13.8. The summed E-state index contributed by atoms with van der Waals surface area (Å²) in [4.78, 5) is 2.60. The van der Waals surface area contributed by atoms with Gasteiger partial charge in [0.25, 0.3) is 0 Å². The number of hydrogen-bond acceptors (Lipinski definition) is 2. The number of rotatable bonds is 1. The maximum atomic E-state index is 6.42. The van der Waals surface area contributed by atoms with Crippen LogP contribution in [0.5, 0.6) is 0 Å². The SMILES string of the molecule is C[n+]1cc(Br)cc2c1C(N1CCNCC1)c1ccc(Cl)c(Br)c1CC2. The molecule has 2 heterocycles. The van der Waals surface area contributed by atoms with Crippen molar-refractivity contribution in [2.24, 2.45) is 7.05 Å². The third kappa shape index (κ3) is 3.30. The number of benzene rings is 1. The van der Waals surface area contributed by atoms with Crippen molar-refractivity contribution in [3.05, 3.63) is 60.7 Å². The van der Waals surface area contributed by atoms with E-state index in [0.29, 0.717) is 0 Å². The molecule has 3 nitrogen and oxygen atoms in total. The van der Waals surface area contributed by atoms with Gasteiger partial charge in [0.05, 0.1) is 9.50 Å². The van der Waals surface area contributed by atoms with E-state index in [1.807, 2.05) is 6.07 Å². The van der Waals surface area contributed by atoms with Crippen LogP contribution in [0, 0.1) is 0 Å². The predicted molar refractivity (Wildman–Crippen MR) is 108 cm³/mol. The third-order valence-electron chi connectivity index (χ3n) is 5.29. The maximum Gasteiger partial charge on any atom is 0.206 e. The van der Waals surface area contributed by atoms with E-state index < -0.39 is 0 Å². The molecule has 6 heteroatoms. The molecule has 1 fully saturated rings. The van der Waals surface area contributed by atoms with Crippen LogP contribution < -0.4 is 9.88 Å². The van der Waals surface area contributed by atoms with Crippen molar-refractivity contribution in [1.29, 1.82) is 0 Å². The summed E-state index contributed by atoms with van der Waals surface area (Å²) in [6, 6.07) is 6.81. The Bertz CT molecular complexity index is 819. The molecule has 1 unspecified atom stereocenters. The Morgan fingerprint density at radius 2 is 1.96 bits per heavy atom. The first-order valence-corrected chi connectivity index (χ1v) is 10.6. The van der Waals surface area contributed by atoms with Crippen molar-refractivity contribution in [1.82, 2.24) is 10.2 Å². The topological polar surface area (TPSA) is 19.1 Å². The lowest BCUT2D eigenvalue weighted by molar-refractivity contribution is -0.682. The smallest absolute Gasteiger partial charge is 0.206 e. The highest BCUT2D eigenvalue weighted by atomic mass is 79.9. The molecule has 4 rings (SSSR count). The lowest BCUT2D eigenvalue weighted by Crippen LogP contribution is -2.49. The van der Waals surface area contributed by atoms with Gasteiger partial charge < -0.3 is 5.32 Å². The fraction of sp³-hybridized carbons (Fsp3) is 0.421. The summed E-state index contributed by atoms with van der Waals surface area (Å²) in [5.41, 5.74) is 5.55. The Morgan fingerprint density at radius 3 is 2.72 bits per heavy atom. The second kappa shape index (κ2) is 7.28. The molecule has 0 amide bonds. The number of nitrogens with one attached hydrogen (secondary N) is 1. The first-order chi connectivity index (χ1) is 12.1. The molecule has 25 heavy (non-hydrogen) atoms. The number of aryl methyl sites for hydroxylation is 2. The van der Waals surface area contributed by atoms with Crippen LogP contribution in [-0.4, -0.2) is 31.1 Å². The van der Waals surface area contributed by atoms with E-state index in [-0.39, 0.29) is 6.04 Å². The first kappa shape index (κ1) is 17.9. The number of halogens is 3. The van der Waals surface area contributed by atoms with Crippen LogP contribution in [0.25, 0.3) is 0 Å². The number of nitrogens with zero attached hydrogens (tertiary/aromatic N) is 2. The van der Waals surface area contributed by atoms with Crippen molar-refractivity contribution in [3.63, 3.8) is 0 Å². The normalized spacial score (nSPS) is 20.7. The van der Waals surface area contributed by atoms with E-state index in [0.717, 1.165) is 53.0 Å². The molecule has 1 atom stereocenters. The summed E-state index contributed by atoms with van der Waals surface area (Å²) in [6.45, 7) is 4.19. The fourth-order valence-electron chi connectivity index (χ4n) is 4.16. The lowest BCUT2D eigenvalue weighted by atomic mass is 9.96. The van der Waals surface area contributed by atoms with Crippen LogP contribution in [0.2, 0.25) is 5.02 Å². The number of fused-ring (bicyclic) bond motifs is 2. The minimum absolute atomic E-state index is 0.265. The van der Waals surface area contributed by atoms with E-state index in [9.17, 15) is 0 Å². The third-order valence-corrected chi connectivity index (χ3v) is 7.17. The maximum absolute atomic E-state index is 6.42. The van der Waals surface area contributed by atoms with Gasteiger partial charge in [-0.3, -0.25) is 4.90 Å². The zero-order valence-corrected chi connectivity index (χ0v) is 18.1. The summed E-state index contributed by atoms with van der Waals surface area (Å²) in [6.07, 6.45) is 4.20. The largest absolute Gasteiger partial charge is 0.314 e. The molecule has 0 bridgehead atoms. The Kier molecular flexibility index (Phi) is 5.22. The fourth-order valence-corrected chi connectivity index (χ4v) is 5.48. The zero-order chi connectivity index (χ0) is 17.6. The van der Waals surface area contributed by atoms with Crippen LogP contribution in [0.1, 0.15) is 28.4 Å². The molecule has 1 saturated heterocycles. The number of hydrogen-bond donors (Lipinski definition) is 1. The highest BCUT2D eigenvalue weighted by Crippen LogP contribution is 2.40. The van der Waals surface area contributed by atoms with Crippen molar-refractivity contribution >= 4 is 43.5 Å². The van der Waals surface area contributed by atoms with Gasteiger partial charge in [0.1, 0.15) is 13.1 Å². The van der Waals surface area contributed by atoms with Gasteiger partial charge in [0, 0.05) is 36.2 Å². The average Bonchev–Trinajstić information content (AvgIpc) is 2.76. The molecule has 0 spiro atoms. The van der Waals surface area contributed by atoms with Crippen LogP contribution in [0.4, 0.5) is 0 Å². The summed E-state index contributed by atoms with van der Waals surface area (Å²) in [7, 11) is 2.16. The second-order valence-corrected chi connectivity index (χ2v) is 8.91. The van der Waals surface area contributed by atoms with Gasteiger partial charge in [-0.25, -0.2) is 4.57 Å². The van der Waals surface area contributed by atoms with E-state index >= 15 is 0 Å². The highest BCUT2D eigenvalue weighted by molar-refractivity contribution is 9.10. The Morgan fingerprint density at radius 1 is 1.20 bits per heavy atom. The lowest BCUT2D eigenvalue weighted by Gasteiger charge is -2.34. The average molecular weight is 487 g/mol. The molecule has 1 N–H and O–H groups in total. The van der Waals surface area contributed by atoms with Crippen molar-refractivity contribution in [2.45, 2.75) is 18.9 Å².